The zero-order valence-corrected chi connectivity index (χ0v) is 17.5. The largest absolute Gasteiger partial charge is 0.488 e. The zero-order valence-electron chi connectivity index (χ0n) is 17.5. The van der Waals surface area contributed by atoms with Gasteiger partial charge in [0.25, 0.3) is 5.91 Å². The summed E-state index contributed by atoms with van der Waals surface area (Å²) in [6.45, 7) is 5.07. The summed E-state index contributed by atoms with van der Waals surface area (Å²) in [7, 11) is 0. The summed E-state index contributed by atoms with van der Waals surface area (Å²) in [5, 5.41) is 15.1. The number of hydrogen-bond donors (Lipinski definition) is 1. The molecule has 2 fully saturated rings. The van der Waals surface area contributed by atoms with E-state index in [1.165, 1.54) is 12.1 Å². The highest BCUT2D eigenvalue weighted by Crippen LogP contribution is 2.38. The maximum Gasteiger partial charge on any atom is 0.274 e. The Balaban J connectivity index is 1.29. The van der Waals surface area contributed by atoms with E-state index in [1.54, 1.807) is 22.7 Å². The Kier molecular flexibility index (Phi) is 4.89. The Morgan fingerprint density at radius 2 is 1.84 bits per heavy atom. The first kappa shape index (κ1) is 19.9. The van der Waals surface area contributed by atoms with Crippen LogP contribution in [0, 0.1) is 31.5 Å². The van der Waals surface area contributed by atoms with E-state index >= 15 is 0 Å². The fraction of sp³-hybridized carbons (Fsp3) is 0.435. The quantitative estimate of drug-likeness (QED) is 0.699. The van der Waals surface area contributed by atoms with E-state index < -0.39 is 6.10 Å². The Hall–Kier alpha value is -3.00. The molecular weight excluding hydrogens is 399 g/mol. The molecule has 3 aromatic rings. The summed E-state index contributed by atoms with van der Waals surface area (Å²) in [4.78, 5) is 19.4. The molecule has 1 aliphatic carbocycles. The average Bonchev–Trinajstić information content (AvgIpc) is 3.33. The summed E-state index contributed by atoms with van der Waals surface area (Å²) in [5.41, 5.74) is 2.87. The smallest absolute Gasteiger partial charge is 0.274 e. The van der Waals surface area contributed by atoms with Crippen molar-refractivity contribution in [2.75, 3.05) is 13.1 Å². The van der Waals surface area contributed by atoms with Crippen LogP contribution in [0.25, 0.3) is 5.65 Å². The topological polar surface area (TPSA) is 80.0 Å². The number of amides is 1. The van der Waals surface area contributed by atoms with E-state index in [9.17, 15) is 14.3 Å². The van der Waals surface area contributed by atoms with Crippen molar-refractivity contribution in [3.63, 3.8) is 0 Å². The van der Waals surface area contributed by atoms with Gasteiger partial charge in [-0.2, -0.15) is 5.10 Å². The fourth-order valence-corrected chi connectivity index (χ4v) is 4.92. The molecule has 8 heteroatoms. The predicted octanol–water partition coefficient (Wildman–Crippen LogP) is 2.78. The third kappa shape index (κ3) is 3.76. The van der Waals surface area contributed by atoms with E-state index in [-0.39, 0.29) is 29.7 Å². The van der Waals surface area contributed by atoms with Crippen LogP contribution in [0.2, 0.25) is 0 Å². The lowest BCUT2D eigenvalue weighted by Gasteiger charge is -2.35. The van der Waals surface area contributed by atoms with Gasteiger partial charge in [-0.3, -0.25) is 4.79 Å². The van der Waals surface area contributed by atoms with E-state index in [1.807, 2.05) is 24.8 Å². The van der Waals surface area contributed by atoms with Gasteiger partial charge in [0.1, 0.15) is 17.7 Å². The van der Waals surface area contributed by atoms with Crippen LogP contribution in [0.1, 0.15) is 34.7 Å². The molecule has 1 aliphatic heterocycles. The first-order valence-corrected chi connectivity index (χ1v) is 10.6. The second-order valence-corrected chi connectivity index (χ2v) is 8.72. The molecule has 0 spiro atoms. The molecule has 4 atom stereocenters. The highest BCUT2D eigenvalue weighted by molar-refractivity contribution is 5.93. The lowest BCUT2D eigenvalue weighted by atomic mass is 9.78. The molecule has 0 bridgehead atoms. The maximum absolute atomic E-state index is 13.1. The van der Waals surface area contributed by atoms with E-state index in [0.29, 0.717) is 43.0 Å². The van der Waals surface area contributed by atoms with Gasteiger partial charge in [0.05, 0.1) is 6.10 Å². The van der Waals surface area contributed by atoms with Crippen molar-refractivity contribution in [1.82, 2.24) is 19.5 Å². The summed E-state index contributed by atoms with van der Waals surface area (Å²) >= 11 is 0. The molecule has 1 amide bonds. The number of aryl methyl sites for hydroxylation is 2. The van der Waals surface area contributed by atoms with Gasteiger partial charge < -0.3 is 14.7 Å². The molecule has 5 rings (SSSR count). The average molecular weight is 424 g/mol. The molecule has 0 unspecified atom stereocenters. The second-order valence-electron chi connectivity index (χ2n) is 8.72. The van der Waals surface area contributed by atoms with Crippen LogP contribution in [0.3, 0.4) is 0 Å². The number of carbonyl (C=O) groups is 1. The zero-order chi connectivity index (χ0) is 21.7. The van der Waals surface area contributed by atoms with Gasteiger partial charge >= 0.3 is 0 Å². The van der Waals surface area contributed by atoms with Crippen molar-refractivity contribution in [2.24, 2.45) is 11.8 Å². The number of benzene rings is 1. The third-order valence-electron chi connectivity index (χ3n) is 6.43. The Morgan fingerprint density at radius 3 is 2.58 bits per heavy atom. The van der Waals surface area contributed by atoms with Crippen molar-refractivity contribution in [3.8, 4) is 5.75 Å². The standard InChI is InChI=1S/C23H25FN4O3/c1-13-7-14(2)28-22(25-13)10-19(26-28)23(30)27-11-15-8-20(29)21(9-16(15)12-27)31-18-5-3-17(24)4-6-18/h3-7,10,15-16,20-21,29H,8-9,11-12H2,1-2H3/t15-,16+,20+,21+/m0/s1. The van der Waals surface area contributed by atoms with Gasteiger partial charge in [-0.05, 0) is 68.9 Å². The lowest BCUT2D eigenvalue weighted by Crippen LogP contribution is -2.42. The Labute approximate surface area is 179 Å². The number of hydrogen-bond acceptors (Lipinski definition) is 5. The summed E-state index contributed by atoms with van der Waals surface area (Å²) < 4.78 is 20.8. The van der Waals surface area contributed by atoms with Gasteiger partial charge in [0.15, 0.2) is 11.3 Å². The summed E-state index contributed by atoms with van der Waals surface area (Å²) in [6, 6.07) is 9.49. The highest BCUT2D eigenvalue weighted by atomic mass is 19.1. The van der Waals surface area contributed by atoms with Crippen molar-refractivity contribution < 1.29 is 19.0 Å². The second kappa shape index (κ2) is 7.60. The predicted molar refractivity (Wildman–Crippen MR) is 111 cm³/mol. The Morgan fingerprint density at radius 1 is 1.13 bits per heavy atom. The SMILES string of the molecule is Cc1cc(C)n2nc(C(=O)N3C[C@H]4C[C@@H](Oc5ccc(F)cc5)[C@H](O)C[C@H]4C3)cc2n1. The number of rotatable bonds is 3. The summed E-state index contributed by atoms with van der Waals surface area (Å²) in [5.74, 6) is 0.581. The number of aromatic nitrogens is 3. The van der Waals surface area contributed by atoms with Gasteiger partial charge in [-0.15, -0.1) is 0 Å². The van der Waals surface area contributed by atoms with E-state index in [4.69, 9.17) is 4.74 Å². The fourth-order valence-electron chi connectivity index (χ4n) is 4.92. The molecule has 2 aromatic heterocycles. The Bertz CT molecular complexity index is 1130. The normalized spacial score (nSPS) is 25.6. The number of nitrogens with zero attached hydrogens (tertiary/aromatic N) is 4. The number of aliphatic hydroxyl groups is 1. The van der Waals surface area contributed by atoms with Gasteiger partial charge in [-0.1, -0.05) is 0 Å². The highest BCUT2D eigenvalue weighted by Gasteiger charge is 2.44. The molecule has 1 N–H and O–H groups in total. The minimum absolute atomic E-state index is 0.109. The lowest BCUT2D eigenvalue weighted by molar-refractivity contribution is -0.0231. The molecular formula is C23H25FN4O3. The molecule has 7 nitrogen and oxygen atoms in total. The molecule has 0 radical (unpaired) electrons. The third-order valence-corrected chi connectivity index (χ3v) is 6.43. The first-order valence-electron chi connectivity index (χ1n) is 10.6. The van der Waals surface area contributed by atoms with Crippen molar-refractivity contribution in [2.45, 2.75) is 38.9 Å². The van der Waals surface area contributed by atoms with Gasteiger partial charge in [0.2, 0.25) is 0 Å². The van der Waals surface area contributed by atoms with Crippen LogP contribution < -0.4 is 4.74 Å². The summed E-state index contributed by atoms with van der Waals surface area (Å²) in [6.07, 6.45) is 0.238. The molecule has 1 aromatic carbocycles. The molecule has 1 saturated carbocycles. The van der Waals surface area contributed by atoms with Crippen molar-refractivity contribution in [1.29, 1.82) is 0 Å². The first-order chi connectivity index (χ1) is 14.9. The number of fused-ring (bicyclic) bond motifs is 2. The van der Waals surface area contributed by atoms with E-state index in [2.05, 4.69) is 10.1 Å². The number of aliphatic hydroxyl groups excluding tert-OH is 1. The number of likely N-dealkylation sites (tertiary alicyclic amines) is 1. The van der Waals surface area contributed by atoms with Gasteiger partial charge in [0, 0.05) is 30.5 Å². The minimum atomic E-state index is -0.619. The molecule has 31 heavy (non-hydrogen) atoms. The maximum atomic E-state index is 13.1. The van der Waals surface area contributed by atoms with E-state index in [0.717, 1.165) is 11.4 Å². The molecule has 162 valence electrons. The van der Waals surface area contributed by atoms with Crippen LogP contribution in [0.4, 0.5) is 4.39 Å². The van der Waals surface area contributed by atoms with Crippen LogP contribution in [0.15, 0.2) is 36.4 Å². The van der Waals surface area contributed by atoms with Gasteiger partial charge in [-0.25, -0.2) is 13.9 Å². The molecule has 1 saturated heterocycles. The number of halogens is 1. The van der Waals surface area contributed by atoms with Crippen LogP contribution in [0.5, 0.6) is 5.75 Å². The van der Waals surface area contributed by atoms with Crippen LogP contribution >= 0.6 is 0 Å². The van der Waals surface area contributed by atoms with Crippen molar-refractivity contribution in [3.05, 3.63) is 59.3 Å². The van der Waals surface area contributed by atoms with Crippen LogP contribution in [-0.2, 0) is 0 Å². The van der Waals surface area contributed by atoms with Crippen molar-refractivity contribution >= 4 is 11.6 Å². The number of ether oxygens (including phenoxy) is 1. The molecule has 3 heterocycles. The van der Waals surface area contributed by atoms with Crippen LogP contribution in [-0.4, -0.2) is 55.8 Å². The number of carbonyl (C=O) groups excluding carboxylic acids is 1. The minimum Gasteiger partial charge on any atom is -0.488 e. The molecule has 2 aliphatic rings. The monoisotopic (exact) mass is 424 g/mol.